The minimum atomic E-state index is -0.163. The largest absolute Gasteiger partial charge is 0.497 e. The number of methoxy groups -OCH3 is 1. The highest BCUT2D eigenvalue weighted by molar-refractivity contribution is 8.19. The molecule has 0 saturated carbocycles. The van der Waals surface area contributed by atoms with Crippen LogP contribution >= 0.6 is 11.8 Å². The van der Waals surface area contributed by atoms with Crippen molar-refractivity contribution in [3.63, 3.8) is 0 Å². The monoisotopic (exact) mass is 338 g/mol. The fraction of sp³-hybridized carbons (Fsp3) is 0.158. The van der Waals surface area contributed by atoms with Gasteiger partial charge in [0.15, 0.2) is 5.17 Å². The highest BCUT2D eigenvalue weighted by Gasteiger charge is 2.33. The standard InChI is InChI=1S/C19H18N2O2S/c1-12-4-7-15(10-13(12)2)21-18(22)17(24-19(21)20)11-14-5-8-16(23-3)9-6-14/h4-11,20H,1-3H3/b17-11-,20-19?. The second-order valence-electron chi connectivity index (χ2n) is 5.60. The molecule has 24 heavy (non-hydrogen) atoms. The zero-order valence-corrected chi connectivity index (χ0v) is 14.6. The van der Waals surface area contributed by atoms with Crippen LogP contribution in [0.5, 0.6) is 5.75 Å². The number of aryl methyl sites for hydroxylation is 2. The van der Waals surface area contributed by atoms with Gasteiger partial charge in [-0.15, -0.1) is 0 Å². The van der Waals surface area contributed by atoms with Gasteiger partial charge in [0.1, 0.15) is 5.75 Å². The van der Waals surface area contributed by atoms with E-state index in [0.29, 0.717) is 4.91 Å². The van der Waals surface area contributed by atoms with Crippen LogP contribution in [0.1, 0.15) is 16.7 Å². The van der Waals surface area contributed by atoms with Crippen LogP contribution in [0, 0.1) is 19.3 Å². The molecule has 1 saturated heterocycles. The molecule has 2 aromatic carbocycles. The number of rotatable bonds is 3. The second kappa shape index (κ2) is 6.53. The molecule has 1 amide bonds. The van der Waals surface area contributed by atoms with E-state index in [9.17, 15) is 4.79 Å². The summed E-state index contributed by atoms with van der Waals surface area (Å²) in [6.07, 6.45) is 1.81. The summed E-state index contributed by atoms with van der Waals surface area (Å²) in [5.74, 6) is 0.608. The predicted octanol–water partition coefficient (Wildman–Crippen LogP) is 4.37. The zero-order chi connectivity index (χ0) is 17.3. The molecule has 0 spiro atoms. The SMILES string of the molecule is COc1ccc(/C=C2\SC(=N)N(c3ccc(C)c(C)c3)C2=O)cc1. The first-order chi connectivity index (χ1) is 11.5. The van der Waals surface area contributed by atoms with Crippen LogP contribution in [0.3, 0.4) is 0 Å². The first kappa shape index (κ1) is 16.3. The Kier molecular flexibility index (Phi) is 4.44. The number of benzene rings is 2. The maximum Gasteiger partial charge on any atom is 0.271 e. The average Bonchev–Trinajstić information content (AvgIpc) is 2.85. The third-order valence-corrected chi connectivity index (χ3v) is 4.87. The summed E-state index contributed by atoms with van der Waals surface area (Å²) in [5.41, 5.74) is 3.91. The Balaban J connectivity index is 1.90. The van der Waals surface area contributed by atoms with E-state index >= 15 is 0 Å². The molecule has 0 aliphatic carbocycles. The molecule has 2 aromatic rings. The number of ether oxygens (including phenoxy) is 1. The van der Waals surface area contributed by atoms with Crippen molar-refractivity contribution in [1.82, 2.24) is 0 Å². The number of hydrogen-bond acceptors (Lipinski definition) is 4. The number of carbonyl (C=O) groups excluding carboxylic acids is 1. The molecule has 0 radical (unpaired) electrons. The number of carbonyl (C=O) groups is 1. The van der Waals surface area contributed by atoms with Crippen molar-refractivity contribution in [2.75, 3.05) is 12.0 Å². The second-order valence-corrected chi connectivity index (χ2v) is 6.63. The van der Waals surface area contributed by atoms with Crippen LogP contribution in [0.15, 0.2) is 47.4 Å². The molecule has 5 heteroatoms. The quantitative estimate of drug-likeness (QED) is 0.846. The van der Waals surface area contributed by atoms with Crippen molar-refractivity contribution in [2.24, 2.45) is 0 Å². The van der Waals surface area contributed by atoms with E-state index in [4.69, 9.17) is 10.1 Å². The summed E-state index contributed by atoms with van der Waals surface area (Å²) in [5, 5.41) is 8.39. The van der Waals surface area contributed by atoms with Crippen LogP contribution in [0.2, 0.25) is 0 Å². The fourth-order valence-electron chi connectivity index (χ4n) is 2.44. The number of amides is 1. The van der Waals surface area contributed by atoms with E-state index in [1.54, 1.807) is 7.11 Å². The number of thioether (sulfide) groups is 1. The van der Waals surface area contributed by atoms with Crippen LogP contribution < -0.4 is 9.64 Å². The fourth-order valence-corrected chi connectivity index (χ4v) is 3.30. The summed E-state index contributed by atoms with van der Waals surface area (Å²) in [7, 11) is 1.62. The number of nitrogens with zero attached hydrogens (tertiary/aromatic N) is 1. The molecule has 0 unspecified atom stereocenters. The van der Waals surface area contributed by atoms with Crippen molar-refractivity contribution in [3.8, 4) is 5.75 Å². The van der Waals surface area contributed by atoms with Gasteiger partial charge in [0.2, 0.25) is 0 Å². The third-order valence-electron chi connectivity index (χ3n) is 3.99. The molecule has 1 aliphatic heterocycles. The van der Waals surface area contributed by atoms with E-state index in [-0.39, 0.29) is 11.1 Å². The van der Waals surface area contributed by atoms with Crippen LogP contribution in [0.25, 0.3) is 6.08 Å². The molecule has 1 N–H and O–H groups in total. The van der Waals surface area contributed by atoms with Gasteiger partial charge in [-0.3, -0.25) is 15.1 Å². The Morgan fingerprint density at radius 3 is 2.42 bits per heavy atom. The molecule has 0 bridgehead atoms. The van der Waals surface area contributed by atoms with Crippen LogP contribution in [-0.2, 0) is 4.79 Å². The number of amidine groups is 1. The van der Waals surface area contributed by atoms with Gasteiger partial charge >= 0.3 is 0 Å². The zero-order valence-electron chi connectivity index (χ0n) is 13.8. The van der Waals surface area contributed by atoms with Crippen molar-refractivity contribution in [3.05, 3.63) is 64.1 Å². The topological polar surface area (TPSA) is 53.4 Å². The predicted molar refractivity (Wildman–Crippen MR) is 99.7 cm³/mol. The summed E-state index contributed by atoms with van der Waals surface area (Å²) < 4.78 is 5.14. The maximum absolute atomic E-state index is 12.7. The lowest BCUT2D eigenvalue weighted by molar-refractivity contribution is -0.113. The number of anilines is 1. The number of nitrogens with one attached hydrogen (secondary N) is 1. The van der Waals surface area contributed by atoms with Gasteiger partial charge in [-0.05, 0) is 72.6 Å². The van der Waals surface area contributed by atoms with E-state index in [1.807, 2.05) is 62.4 Å². The van der Waals surface area contributed by atoms with Crippen LogP contribution in [-0.4, -0.2) is 18.2 Å². The van der Waals surface area contributed by atoms with E-state index < -0.39 is 0 Å². The maximum atomic E-state index is 12.7. The van der Waals surface area contributed by atoms with E-state index in [2.05, 4.69) is 0 Å². The molecular weight excluding hydrogens is 320 g/mol. The third kappa shape index (κ3) is 3.08. The van der Waals surface area contributed by atoms with Crippen molar-refractivity contribution < 1.29 is 9.53 Å². The van der Waals surface area contributed by atoms with Gasteiger partial charge < -0.3 is 4.74 Å². The van der Waals surface area contributed by atoms with Gasteiger partial charge in [0.25, 0.3) is 5.91 Å². The molecule has 122 valence electrons. The normalized spacial score (nSPS) is 16.1. The number of hydrogen-bond donors (Lipinski definition) is 1. The van der Waals surface area contributed by atoms with Crippen molar-refractivity contribution in [2.45, 2.75) is 13.8 Å². The molecule has 0 aromatic heterocycles. The molecule has 3 rings (SSSR count). The summed E-state index contributed by atoms with van der Waals surface area (Å²) in [4.78, 5) is 14.7. The van der Waals surface area contributed by atoms with Gasteiger partial charge in [0.05, 0.1) is 17.7 Å². The van der Waals surface area contributed by atoms with Crippen LogP contribution in [0.4, 0.5) is 5.69 Å². The van der Waals surface area contributed by atoms with Gasteiger partial charge in [-0.1, -0.05) is 18.2 Å². The molecule has 1 heterocycles. The lowest BCUT2D eigenvalue weighted by Crippen LogP contribution is -2.28. The Morgan fingerprint density at radius 2 is 1.79 bits per heavy atom. The first-order valence-electron chi connectivity index (χ1n) is 7.53. The van der Waals surface area contributed by atoms with Gasteiger partial charge in [-0.25, -0.2) is 0 Å². The Labute approximate surface area is 145 Å². The summed E-state index contributed by atoms with van der Waals surface area (Å²) in [6, 6.07) is 13.3. The minimum Gasteiger partial charge on any atom is -0.497 e. The summed E-state index contributed by atoms with van der Waals surface area (Å²) in [6.45, 7) is 4.03. The Bertz CT molecular complexity index is 841. The highest BCUT2D eigenvalue weighted by Crippen LogP contribution is 2.35. The summed E-state index contributed by atoms with van der Waals surface area (Å²) >= 11 is 1.18. The lowest BCUT2D eigenvalue weighted by Gasteiger charge is -2.15. The minimum absolute atomic E-state index is 0.163. The van der Waals surface area contributed by atoms with Gasteiger partial charge in [-0.2, -0.15) is 0 Å². The first-order valence-corrected chi connectivity index (χ1v) is 8.35. The average molecular weight is 338 g/mol. The Hall–Kier alpha value is -2.53. The molecular formula is C19H18N2O2S. The van der Waals surface area contributed by atoms with Crippen molar-refractivity contribution >= 4 is 34.6 Å². The smallest absolute Gasteiger partial charge is 0.271 e. The van der Waals surface area contributed by atoms with E-state index in [1.165, 1.54) is 22.2 Å². The lowest BCUT2D eigenvalue weighted by atomic mass is 10.1. The highest BCUT2D eigenvalue weighted by atomic mass is 32.2. The molecule has 1 aliphatic rings. The van der Waals surface area contributed by atoms with Gasteiger partial charge in [0, 0.05) is 0 Å². The van der Waals surface area contributed by atoms with Crippen molar-refractivity contribution in [1.29, 1.82) is 5.41 Å². The molecule has 1 fully saturated rings. The Morgan fingerprint density at radius 1 is 1.08 bits per heavy atom. The van der Waals surface area contributed by atoms with E-state index in [0.717, 1.165) is 22.6 Å². The molecule has 0 atom stereocenters. The molecule has 4 nitrogen and oxygen atoms in total.